The summed E-state index contributed by atoms with van der Waals surface area (Å²) in [6.07, 6.45) is 4.45. The van der Waals surface area contributed by atoms with Crippen LogP contribution in [0.2, 0.25) is 0 Å². The molecule has 0 atom stereocenters. The Bertz CT molecular complexity index is 827. The quantitative estimate of drug-likeness (QED) is 0.724. The maximum absolute atomic E-state index is 12.4. The smallest absolute Gasteiger partial charge is 0.320 e. The number of nitrogens with one attached hydrogen (secondary N) is 2. The first-order chi connectivity index (χ1) is 10.8. The molecule has 2 amide bonds. The highest BCUT2D eigenvalue weighted by Gasteiger charge is 2.23. The summed E-state index contributed by atoms with van der Waals surface area (Å²) in [5, 5.41) is 10.9. The first-order valence-electron chi connectivity index (χ1n) is 7.22. The SMILES string of the molecule is O=C(Nc1ccccc1)N1CCc2c(cnc3[nH]ncc23)C1. The number of carbonyl (C=O) groups excluding carboxylic acids is 1. The molecule has 6 heteroatoms. The molecule has 0 fully saturated rings. The molecule has 0 radical (unpaired) electrons. The lowest BCUT2D eigenvalue weighted by Gasteiger charge is -2.29. The topological polar surface area (TPSA) is 73.9 Å². The summed E-state index contributed by atoms with van der Waals surface area (Å²) < 4.78 is 0. The number of rotatable bonds is 1. The molecule has 2 N–H and O–H groups in total. The third kappa shape index (κ3) is 2.18. The van der Waals surface area contributed by atoms with Gasteiger partial charge in [-0.3, -0.25) is 5.10 Å². The molecule has 0 aliphatic carbocycles. The number of para-hydroxylation sites is 1. The lowest BCUT2D eigenvalue weighted by molar-refractivity contribution is 0.206. The van der Waals surface area contributed by atoms with Crippen molar-refractivity contribution in [2.75, 3.05) is 11.9 Å². The Morgan fingerprint density at radius 3 is 2.95 bits per heavy atom. The zero-order chi connectivity index (χ0) is 14.9. The molecule has 110 valence electrons. The van der Waals surface area contributed by atoms with Crippen molar-refractivity contribution in [3.63, 3.8) is 0 Å². The van der Waals surface area contributed by atoms with Crippen molar-refractivity contribution in [1.29, 1.82) is 0 Å². The van der Waals surface area contributed by atoms with E-state index in [1.54, 1.807) is 6.20 Å². The van der Waals surface area contributed by atoms with E-state index in [0.29, 0.717) is 13.1 Å². The maximum atomic E-state index is 12.4. The molecule has 0 saturated heterocycles. The van der Waals surface area contributed by atoms with Gasteiger partial charge in [0.25, 0.3) is 0 Å². The summed E-state index contributed by atoms with van der Waals surface area (Å²) >= 11 is 0. The molecule has 3 aromatic rings. The normalized spacial score (nSPS) is 13.9. The second kappa shape index (κ2) is 5.14. The number of carbonyl (C=O) groups is 1. The molecule has 1 aliphatic heterocycles. The first-order valence-corrected chi connectivity index (χ1v) is 7.22. The molecule has 0 spiro atoms. The van der Waals surface area contributed by atoms with Crippen LogP contribution in [0.4, 0.5) is 10.5 Å². The fraction of sp³-hybridized carbons (Fsp3) is 0.188. The lowest BCUT2D eigenvalue weighted by atomic mass is 9.99. The Morgan fingerprint density at radius 2 is 2.09 bits per heavy atom. The average molecular weight is 293 g/mol. The molecule has 22 heavy (non-hydrogen) atoms. The largest absolute Gasteiger partial charge is 0.322 e. The molecule has 2 aromatic heterocycles. The molecular weight excluding hydrogens is 278 g/mol. The van der Waals surface area contributed by atoms with E-state index in [1.165, 1.54) is 5.56 Å². The molecule has 3 heterocycles. The van der Waals surface area contributed by atoms with Crippen LogP contribution in [0.15, 0.2) is 42.7 Å². The summed E-state index contributed by atoms with van der Waals surface area (Å²) in [6.45, 7) is 1.26. The average Bonchev–Trinajstić information content (AvgIpc) is 3.04. The Morgan fingerprint density at radius 1 is 1.23 bits per heavy atom. The van der Waals surface area contributed by atoms with Gasteiger partial charge in [0, 0.05) is 30.4 Å². The van der Waals surface area contributed by atoms with Crippen molar-refractivity contribution in [1.82, 2.24) is 20.1 Å². The number of amides is 2. The van der Waals surface area contributed by atoms with Gasteiger partial charge >= 0.3 is 6.03 Å². The van der Waals surface area contributed by atoms with E-state index in [-0.39, 0.29) is 6.03 Å². The van der Waals surface area contributed by atoms with Gasteiger partial charge in [0.1, 0.15) is 0 Å². The number of hydrogen-bond acceptors (Lipinski definition) is 3. The fourth-order valence-electron chi connectivity index (χ4n) is 2.85. The van der Waals surface area contributed by atoms with Crippen molar-refractivity contribution in [2.45, 2.75) is 13.0 Å². The van der Waals surface area contributed by atoms with E-state index in [0.717, 1.165) is 28.7 Å². The second-order valence-corrected chi connectivity index (χ2v) is 5.36. The Labute approximate surface area is 127 Å². The molecule has 0 unspecified atom stereocenters. The summed E-state index contributed by atoms with van der Waals surface area (Å²) in [7, 11) is 0. The van der Waals surface area contributed by atoms with Crippen LogP contribution in [0.25, 0.3) is 11.0 Å². The van der Waals surface area contributed by atoms with Crippen LogP contribution in [0.3, 0.4) is 0 Å². The highest BCUT2D eigenvalue weighted by Crippen LogP contribution is 2.25. The van der Waals surface area contributed by atoms with Crippen molar-refractivity contribution in [2.24, 2.45) is 0 Å². The van der Waals surface area contributed by atoms with Gasteiger partial charge in [-0.15, -0.1) is 0 Å². The third-order valence-corrected chi connectivity index (χ3v) is 3.99. The van der Waals surface area contributed by atoms with Gasteiger partial charge in [0.2, 0.25) is 0 Å². The van der Waals surface area contributed by atoms with Crippen LogP contribution in [-0.2, 0) is 13.0 Å². The van der Waals surface area contributed by atoms with Gasteiger partial charge < -0.3 is 10.2 Å². The maximum Gasteiger partial charge on any atom is 0.322 e. The number of H-pyrrole nitrogens is 1. The monoisotopic (exact) mass is 293 g/mol. The number of anilines is 1. The van der Waals surface area contributed by atoms with Crippen LogP contribution in [0.5, 0.6) is 0 Å². The number of benzene rings is 1. The van der Waals surface area contributed by atoms with Gasteiger partial charge in [0.05, 0.1) is 6.20 Å². The zero-order valence-corrected chi connectivity index (χ0v) is 11.9. The number of pyridine rings is 1. The van der Waals surface area contributed by atoms with Crippen LogP contribution < -0.4 is 5.32 Å². The third-order valence-electron chi connectivity index (χ3n) is 3.99. The van der Waals surface area contributed by atoms with Crippen molar-refractivity contribution < 1.29 is 4.79 Å². The predicted molar refractivity (Wildman–Crippen MR) is 83.5 cm³/mol. The van der Waals surface area contributed by atoms with Gasteiger partial charge in [0.15, 0.2) is 5.65 Å². The van der Waals surface area contributed by atoms with Crippen LogP contribution in [0, 0.1) is 0 Å². The standard InChI is InChI=1S/C16H15N5O/c22-16(19-12-4-2-1-3-5-12)21-7-6-13-11(10-21)8-17-15-14(13)9-18-20-15/h1-5,8-9H,6-7,10H2,(H,19,22)(H,17,18,20). The van der Waals surface area contributed by atoms with E-state index in [1.807, 2.05) is 41.4 Å². The van der Waals surface area contributed by atoms with Gasteiger partial charge in [-0.25, -0.2) is 9.78 Å². The minimum atomic E-state index is -0.0795. The van der Waals surface area contributed by atoms with Gasteiger partial charge in [-0.2, -0.15) is 5.10 Å². The number of fused-ring (bicyclic) bond motifs is 3. The summed E-state index contributed by atoms with van der Waals surface area (Å²) in [5.74, 6) is 0. The van der Waals surface area contributed by atoms with Gasteiger partial charge in [-0.1, -0.05) is 18.2 Å². The number of urea groups is 1. The molecule has 1 aromatic carbocycles. The number of aromatic nitrogens is 3. The Kier molecular flexibility index (Phi) is 3.00. The van der Waals surface area contributed by atoms with Crippen molar-refractivity contribution >= 4 is 22.8 Å². The highest BCUT2D eigenvalue weighted by molar-refractivity contribution is 5.89. The van der Waals surface area contributed by atoms with E-state index in [2.05, 4.69) is 20.5 Å². The molecule has 0 saturated carbocycles. The first kappa shape index (κ1) is 12.8. The molecule has 4 rings (SSSR count). The number of hydrogen-bond donors (Lipinski definition) is 2. The van der Waals surface area contributed by atoms with E-state index in [9.17, 15) is 4.79 Å². The minimum Gasteiger partial charge on any atom is -0.320 e. The lowest BCUT2D eigenvalue weighted by Crippen LogP contribution is -2.39. The Balaban J connectivity index is 1.55. The Hall–Kier alpha value is -2.89. The summed E-state index contributed by atoms with van der Waals surface area (Å²) in [5.41, 5.74) is 3.94. The summed E-state index contributed by atoms with van der Waals surface area (Å²) in [6, 6.07) is 9.42. The zero-order valence-electron chi connectivity index (χ0n) is 11.9. The molecule has 0 bridgehead atoms. The van der Waals surface area contributed by atoms with Crippen molar-refractivity contribution in [3.05, 3.63) is 53.9 Å². The summed E-state index contributed by atoms with van der Waals surface area (Å²) in [4.78, 5) is 18.5. The van der Waals surface area contributed by atoms with Gasteiger partial charge in [-0.05, 0) is 29.7 Å². The fourth-order valence-corrected chi connectivity index (χ4v) is 2.85. The number of nitrogens with zero attached hydrogens (tertiary/aromatic N) is 3. The number of aromatic amines is 1. The van der Waals surface area contributed by atoms with Crippen LogP contribution in [0.1, 0.15) is 11.1 Å². The highest BCUT2D eigenvalue weighted by atomic mass is 16.2. The van der Waals surface area contributed by atoms with Crippen molar-refractivity contribution in [3.8, 4) is 0 Å². The molecular formula is C16H15N5O. The van der Waals surface area contributed by atoms with Crippen LogP contribution >= 0.6 is 0 Å². The van der Waals surface area contributed by atoms with E-state index >= 15 is 0 Å². The predicted octanol–water partition coefficient (Wildman–Crippen LogP) is 2.55. The molecule has 1 aliphatic rings. The van der Waals surface area contributed by atoms with Crippen LogP contribution in [-0.4, -0.2) is 32.7 Å². The van der Waals surface area contributed by atoms with E-state index in [4.69, 9.17) is 0 Å². The van der Waals surface area contributed by atoms with E-state index < -0.39 is 0 Å². The second-order valence-electron chi connectivity index (χ2n) is 5.36. The molecule has 6 nitrogen and oxygen atoms in total. The minimum absolute atomic E-state index is 0.0795.